The third-order valence-corrected chi connectivity index (χ3v) is 4.31. The molecule has 0 unspecified atom stereocenters. The number of Topliss-reactive ketones (excluding diaryl/α,β-unsaturated/α-hetero) is 1. The highest BCUT2D eigenvalue weighted by Gasteiger charge is 2.21. The number of benzene rings is 1. The standard InChI is InChI=1S/C20H23ClN2O4/c1-20(2,6-8-24)23-19(27)17-10-13(5-7-22-17)9-16(25)12-14-11-15(21)3-4-18(14)26/h3-5,7,10-11,24,26H,6,8-9,12H2,1-2H3,(H,23,27). The number of phenolic OH excluding ortho intramolecular Hbond substituents is 1. The Morgan fingerprint density at radius 1 is 1.19 bits per heavy atom. The summed E-state index contributed by atoms with van der Waals surface area (Å²) in [6.45, 7) is 3.59. The lowest BCUT2D eigenvalue weighted by atomic mass is 10.0. The summed E-state index contributed by atoms with van der Waals surface area (Å²) in [6, 6.07) is 7.81. The fourth-order valence-electron chi connectivity index (χ4n) is 2.62. The molecule has 1 aromatic carbocycles. The third kappa shape index (κ3) is 6.34. The number of aliphatic hydroxyl groups excluding tert-OH is 1. The normalized spacial score (nSPS) is 11.3. The summed E-state index contributed by atoms with van der Waals surface area (Å²) in [6.07, 6.45) is 2.04. The third-order valence-electron chi connectivity index (χ3n) is 4.08. The minimum absolute atomic E-state index is 0.0219. The quantitative estimate of drug-likeness (QED) is 0.643. The van der Waals surface area contributed by atoms with Crippen LogP contribution in [0.25, 0.3) is 0 Å². The molecule has 0 radical (unpaired) electrons. The Labute approximate surface area is 163 Å². The molecule has 7 heteroatoms. The van der Waals surface area contributed by atoms with Gasteiger partial charge in [-0.3, -0.25) is 14.6 Å². The molecule has 0 saturated heterocycles. The van der Waals surface area contributed by atoms with Gasteiger partial charge in [0.2, 0.25) is 0 Å². The molecule has 0 saturated carbocycles. The molecule has 27 heavy (non-hydrogen) atoms. The van der Waals surface area contributed by atoms with E-state index in [0.29, 0.717) is 22.6 Å². The number of pyridine rings is 1. The van der Waals surface area contributed by atoms with Crippen LogP contribution in [0.4, 0.5) is 0 Å². The SMILES string of the molecule is CC(C)(CCO)NC(=O)c1cc(CC(=O)Cc2cc(Cl)ccc2O)ccn1. The van der Waals surface area contributed by atoms with E-state index < -0.39 is 5.54 Å². The Bertz CT molecular complexity index is 836. The zero-order valence-electron chi connectivity index (χ0n) is 15.3. The lowest BCUT2D eigenvalue weighted by Gasteiger charge is -2.25. The highest BCUT2D eigenvalue weighted by molar-refractivity contribution is 6.30. The van der Waals surface area contributed by atoms with E-state index in [2.05, 4.69) is 10.3 Å². The molecular weight excluding hydrogens is 368 g/mol. The average Bonchev–Trinajstić information content (AvgIpc) is 2.57. The number of halogens is 1. The zero-order chi connectivity index (χ0) is 20.0. The highest BCUT2D eigenvalue weighted by atomic mass is 35.5. The van der Waals surface area contributed by atoms with E-state index in [4.69, 9.17) is 16.7 Å². The van der Waals surface area contributed by atoms with Gasteiger partial charge in [-0.25, -0.2) is 0 Å². The molecule has 0 fully saturated rings. The summed E-state index contributed by atoms with van der Waals surface area (Å²) in [5, 5.41) is 22.1. The van der Waals surface area contributed by atoms with Crippen molar-refractivity contribution in [1.29, 1.82) is 0 Å². The van der Waals surface area contributed by atoms with Crippen LogP contribution < -0.4 is 5.32 Å². The zero-order valence-corrected chi connectivity index (χ0v) is 16.1. The number of ketones is 1. The molecule has 0 atom stereocenters. The first-order chi connectivity index (χ1) is 12.7. The van der Waals surface area contributed by atoms with Crippen molar-refractivity contribution >= 4 is 23.3 Å². The van der Waals surface area contributed by atoms with Crippen LogP contribution in [0.3, 0.4) is 0 Å². The van der Waals surface area contributed by atoms with E-state index >= 15 is 0 Å². The second-order valence-corrected chi connectivity index (χ2v) is 7.46. The number of aromatic nitrogens is 1. The Morgan fingerprint density at radius 2 is 1.93 bits per heavy atom. The van der Waals surface area contributed by atoms with E-state index in [1.54, 1.807) is 24.3 Å². The van der Waals surface area contributed by atoms with Gasteiger partial charge in [0.05, 0.1) is 0 Å². The second kappa shape index (κ2) is 8.97. The number of amides is 1. The van der Waals surface area contributed by atoms with Gasteiger partial charge in [-0.1, -0.05) is 11.6 Å². The molecule has 1 heterocycles. The first kappa shape index (κ1) is 20.9. The van der Waals surface area contributed by atoms with Crippen LogP contribution in [0.1, 0.15) is 41.9 Å². The summed E-state index contributed by atoms with van der Waals surface area (Å²) in [5.74, 6) is -0.463. The predicted octanol–water partition coefficient (Wildman–Crippen LogP) is 2.69. The molecule has 144 valence electrons. The molecule has 0 bridgehead atoms. The van der Waals surface area contributed by atoms with Crippen LogP contribution in [0.5, 0.6) is 5.75 Å². The second-order valence-electron chi connectivity index (χ2n) is 7.03. The van der Waals surface area contributed by atoms with E-state index in [1.165, 1.54) is 12.3 Å². The van der Waals surface area contributed by atoms with Crippen molar-refractivity contribution in [2.75, 3.05) is 6.61 Å². The number of hydrogen-bond donors (Lipinski definition) is 3. The van der Waals surface area contributed by atoms with Crippen molar-refractivity contribution in [2.24, 2.45) is 0 Å². The number of carbonyl (C=O) groups is 2. The van der Waals surface area contributed by atoms with Crippen LogP contribution in [0, 0.1) is 0 Å². The first-order valence-corrected chi connectivity index (χ1v) is 8.95. The van der Waals surface area contributed by atoms with Crippen molar-refractivity contribution in [3.63, 3.8) is 0 Å². The topological polar surface area (TPSA) is 99.5 Å². The van der Waals surface area contributed by atoms with E-state index in [9.17, 15) is 14.7 Å². The van der Waals surface area contributed by atoms with Crippen molar-refractivity contribution < 1.29 is 19.8 Å². The van der Waals surface area contributed by atoms with Crippen LogP contribution in [-0.2, 0) is 17.6 Å². The Morgan fingerprint density at radius 3 is 2.63 bits per heavy atom. The van der Waals surface area contributed by atoms with Gasteiger partial charge in [0.1, 0.15) is 17.2 Å². The summed E-state index contributed by atoms with van der Waals surface area (Å²) >= 11 is 5.90. The van der Waals surface area contributed by atoms with Gasteiger partial charge in [0.15, 0.2) is 0 Å². The van der Waals surface area contributed by atoms with Crippen molar-refractivity contribution in [1.82, 2.24) is 10.3 Å². The molecule has 1 aromatic heterocycles. The number of nitrogens with one attached hydrogen (secondary N) is 1. The molecule has 0 aliphatic rings. The van der Waals surface area contributed by atoms with E-state index in [0.717, 1.165) is 0 Å². The summed E-state index contributed by atoms with van der Waals surface area (Å²) in [5.41, 5.74) is 0.757. The van der Waals surface area contributed by atoms with Gasteiger partial charge < -0.3 is 15.5 Å². The fraction of sp³-hybridized carbons (Fsp3) is 0.350. The molecule has 6 nitrogen and oxygen atoms in total. The summed E-state index contributed by atoms with van der Waals surface area (Å²) < 4.78 is 0. The van der Waals surface area contributed by atoms with Crippen LogP contribution in [-0.4, -0.2) is 39.0 Å². The Hall–Kier alpha value is -2.44. The maximum absolute atomic E-state index is 12.4. The monoisotopic (exact) mass is 390 g/mol. The van der Waals surface area contributed by atoms with E-state index in [-0.39, 0.29) is 42.6 Å². The molecule has 0 aliphatic carbocycles. The van der Waals surface area contributed by atoms with Crippen molar-refractivity contribution in [3.8, 4) is 5.75 Å². The van der Waals surface area contributed by atoms with Gasteiger partial charge in [-0.05, 0) is 56.2 Å². The molecule has 2 aromatic rings. The largest absolute Gasteiger partial charge is 0.508 e. The Kier molecular flexibility index (Phi) is 6.93. The molecule has 2 rings (SSSR count). The molecule has 0 aliphatic heterocycles. The average molecular weight is 391 g/mol. The smallest absolute Gasteiger partial charge is 0.270 e. The van der Waals surface area contributed by atoms with E-state index in [1.807, 2.05) is 13.8 Å². The van der Waals surface area contributed by atoms with Crippen LogP contribution in [0.15, 0.2) is 36.5 Å². The number of hydrogen-bond acceptors (Lipinski definition) is 5. The number of nitrogens with zero attached hydrogens (tertiary/aromatic N) is 1. The van der Waals surface area contributed by atoms with Gasteiger partial charge >= 0.3 is 0 Å². The predicted molar refractivity (Wildman–Crippen MR) is 103 cm³/mol. The Balaban J connectivity index is 2.05. The number of aliphatic hydroxyl groups is 1. The molecular formula is C20H23ClN2O4. The maximum Gasteiger partial charge on any atom is 0.270 e. The summed E-state index contributed by atoms with van der Waals surface area (Å²) in [7, 11) is 0. The number of aromatic hydroxyl groups is 1. The highest BCUT2D eigenvalue weighted by Crippen LogP contribution is 2.22. The van der Waals surface area contributed by atoms with Gasteiger partial charge in [-0.2, -0.15) is 0 Å². The van der Waals surface area contributed by atoms with Gasteiger partial charge in [0.25, 0.3) is 5.91 Å². The lowest BCUT2D eigenvalue weighted by Crippen LogP contribution is -2.44. The van der Waals surface area contributed by atoms with Crippen LogP contribution >= 0.6 is 11.6 Å². The number of rotatable bonds is 8. The lowest BCUT2D eigenvalue weighted by molar-refractivity contribution is -0.117. The molecule has 3 N–H and O–H groups in total. The molecule has 0 spiro atoms. The maximum atomic E-state index is 12.4. The van der Waals surface area contributed by atoms with Gasteiger partial charge in [0, 0.05) is 41.8 Å². The van der Waals surface area contributed by atoms with Crippen molar-refractivity contribution in [2.45, 2.75) is 38.6 Å². The van der Waals surface area contributed by atoms with Gasteiger partial charge in [-0.15, -0.1) is 0 Å². The minimum atomic E-state index is -0.566. The number of carbonyl (C=O) groups excluding carboxylic acids is 2. The van der Waals surface area contributed by atoms with Crippen molar-refractivity contribution in [3.05, 3.63) is 58.4 Å². The summed E-state index contributed by atoms with van der Waals surface area (Å²) in [4.78, 5) is 28.8. The number of phenols is 1. The molecule has 1 amide bonds. The minimum Gasteiger partial charge on any atom is -0.508 e. The first-order valence-electron chi connectivity index (χ1n) is 8.57. The van der Waals surface area contributed by atoms with Crippen LogP contribution in [0.2, 0.25) is 5.02 Å². The fourth-order valence-corrected chi connectivity index (χ4v) is 2.81.